The van der Waals surface area contributed by atoms with Crippen molar-refractivity contribution in [3.63, 3.8) is 0 Å². The molecule has 42 heavy (non-hydrogen) atoms. The second kappa shape index (κ2) is 21.1. The summed E-state index contributed by atoms with van der Waals surface area (Å²) in [6.45, 7) is 8.38. The highest BCUT2D eigenvalue weighted by molar-refractivity contribution is 5.81. The Labute approximate surface area is 248 Å². The summed E-state index contributed by atoms with van der Waals surface area (Å²) in [7, 11) is 0. The Balaban J connectivity index is 1.62. The van der Waals surface area contributed by atoms with Crippen LogP contribution in [0.5, 0.6) is 11.5 Å². The van der Waals surface area contributed by atoms with E-state index in [0.29, 0.717) is 37.6 Å². The molecule has 0 spiro atoms. The summed E-state index contributed by atoms with van der Waals surface area (Å²) in [5.74, 6) is -1.40. The van der Waals surface area contributed by atoms with E-state index < -0.39 is 23.6 Å². The molecule has 6 nitrogen and oxygen atoms in total. The molecule has 2 aromatic carbocycles. The normalized spacial score (nSPS) is 10.6. The summed E-state index contributed by atoms with van der Waals surface area (Å²) in [5, 5.41) is 0. The second-order valence-corrected chi connectivity index (χ2v) is 9.97. The van der Waals surface area contributed by atoms with Crippen molar-refractivity contribution < 1.29 is 37.3 Å². The van der Waals surface area contributed by atoms with Gasteiger partial charge in [0.25, 0.3) is 0 Å². The van der Waals surface area contributed by atoms with E-state index in [4.69, 9.17) is 18.9 Å². The number of esters is 2. The van der Waals surface area contributed by atoms with Crippen LogP contribution < -0.4 is 9.47 Å². The lowest BCUT2D eigenvalue weighted by atomic mass is 10.0. The van der Waals surface area contributed by atoms with Crippen molar-refractivity contribution in [1.29, 1.82) is 0 Å². The smallest absolute Gasteiger partial charge is 0.330 e. The monoisotopic (exact) mass is 586 g/mol. The van der Waals surface area contributed by atoms with Gasteiger partial charge < -0.3 is 18.9 Å². The Kier molecular flexibility index (Phi) is 17.3. The molecule has 0 N–H and O–H groups in total. The van der Waals surface area contributed by atoms with Gasteiger partial charge in [0.1, 0.15) is 0 Å². The zero-order valence-corrected chi connectivity index (χ0v) is 24.6. The van der Waals surface area contributed by atoms with Gasteiger partial charge in [-0.2, -0.15) is 0 Å². The Bertz CT molecular complexity index is 1030. The van der Waals surface area contributed by atoms with Crippen LogP contribution in [0.2, 0.25) is 0 Å². The van der Waals surface area contributed by atoms with Crippen molar-refractivity contribution >= 4 is 11.9 Å². The minimum absolute atomic E-state index is 0.180. The van der Waals surface area contributed by atoms with E-state index in [1.165, 1.54) is 12.1 Å². The maximum atomic E-state index is 14.6. The highest BCUT2D eigenvalue weighted by Gasteiger charge is 2.10. The molecule has 0 atom stereocenters. The highest BCUT2D eigenvalue weighted by atomic mass is 19.1. The third-order valence-corrected chi connectivity index (χ3v) is 6.61. The minimum atomic E-state index is -0.486. The van der Waals surface area contributed by atoms with Crippen LogP contribution in [0.4, 0.5) is 8.78 Å². The van der Waals surface area contributed by atoms with E-state index in [0.717, 1.165) is 89.2 Å². The van der Waals surface area contributed by atoms with Crippen LogP contribution in [0, 0.1) is 11.6 Å². The van der Waals surface area contributed by atoms with E-state index >= 15 is 0 Å². The predicted molar refractivity (Wildman–Crippen MR) is 160 cm³/mol. The number of carbonyl (C=O) groups is 2. The van der Waals surface area contributed by atoms with Crippen LogP contribution in [0.1, 0.15) is 77.0 Å². The summed E-state index contributed by atoms with van der Waals surface area (Å²) >= 11 is 0. The molecule has 0 aliphatic carbocycles. The fourth-order valence-electron chi connectivity index (χ4n) is 4.25. The molecule has 0 fully saturated rings. The molecule has 0 aliphatic rings. The van der Waals surface area contributed by atoms with Crippen molar-refractivity contribution in [2.75, 3.05) is 26.4 Å². The Morgan fingerprint density at radius 2 is 0.881 bits per heavy atom. The summed E-state index contributed by atoms with van der Waals surface area (Å²) in [6.07, 6.45) is 13.6. The second-order valence-electron chi connectivity index (χ2n) is 9.97. The van der Waals surface area contributed by atoms with Crippen LogP contribution >= 0.6 is 0 Å². The van der Waals surface area contributed by atoms with Crippen molar-refractivity contribution in [2.45, 2.75) is 77.0 Å². The minimum Gasteiger partial charge on any atom is -0.491 e. The maximum absolute atomic E-state index is 14.6. The first-order chi connectivity index (χ1) is 20.4. The summed E-state index contributed by atoms with van der Waals surface area (Å²) in [6, 6.07) is 9.30. The third-order valence-electron chi connectivity index (χ3n) is 6.61. The largest absolute Gasteiger partial charge is 0.491 e. The van der Waals surface area contributed by atoms with Gasteiger partial charge in [-0.15, -0.1) is 0 Å². The molecule has 0 saturated carbocycles. The summed E-state index contributed by atoms with van der Waals surface area (Å²) in [4.78, 5) is 21.9. The van der Waals surface area contributed by atoms with E-state index in [-0.39, 0.29) is 11.5 Å². The van der Waals surface area contributed by atoms with E-state index in [9.17, 15) is 18.4 Å². The standard InChI is InChI=1S/C34H44F2O6/c1-3-33(37)41-23-15-11-7-5-9-13-21-39-31-19-17-27(25-29(31)35)28-18-20-32(30(36)26-28)40-22-14-10-6-8-12-16-24-42-34(38)4-2/h3-4,17-20,25-26H,1-2,5-16,21-24H2. The number of halogens is 2. The number of ether oxygens (including phenoxy) is 4. The molecule has 2 rings (SSSR count). The fourth-order valence-corrected chi connectivity index (χ4v) is 4.25. The quantitative estimate of drug-likeness (QED) is 0.0738. The van der Waals surface area contributed by atoms with Gasteiger partial charge in [-0.25, -0.2) is 18.4 Å². The molecule has 0 aromatic heterocycles. The molecule has 0 aliphatic heterocycles. The Morgan fingerprint density at radius 3 is 1.21 bits per heavy atom. The maximum Gasteiger partial charge on any atom is 0.330 e. The molecular weight excluding hydrogens is 542 g/mol. The van der Waals surface area contributed by atoms with Gasteiger partial charge in [-0.05, 0) is 61.1 Å². The zero-order chi connectivity index (χ0) is 30.4. The van der Waals surface area contributed by atoms with Crippen LogP contribution in [0.15, 0.2) is 61.7 Å². The topological polar surface area (TPSA) is 71.1 Å². The van der Waals surface area contributed by atoms with Gasteiger partial charge >= 0.3 is 11.9 Å². The van der Waals surface area contributed by atoms with Crippen molar-refractivity contribution in [1.82, 2.24) is 0 Å². The van der Waals surface area contributed by atoms with Gasteiger partial charge in [-0.1, -0.05) is 76.7 Å². The molecule has 230 valence electrons. The average molecular weight is 587 g/mol. The first-order valence-corrected chi connectivity index (χ1v) is 14.9. The highest BCUT2D eigenvalue weighted by Crippen LogP contribution is 2.29. The molecule has 0 radical (unpaired) electrons. The van der Waals surface area contributed by atoms with Gasteiger partial charge in [-0.3, -0.25) is 0 Å². The number of unbranched alkanes of at least 4 members (excludes halogenated alkanes) is 10. The molecule has 0 bridgehead atoms. The van der Waals surface area contributed by atoms with E-state index in [1.54, 1.807) is 24.3 Å². The Hall–Kier alpha value is -3.68. The van der Waals surface area contributed by atoms with Crippen molar-refractivity contribution in [2.24, 2.45) is 0 Å². The van der Waals surface area contributed by atoms with Crippen LogP contribution in [-0.2, 0) is 19.1 Å². The number of carbonyl (C=O) groups excluding carboxylic acids is 2. The lowest BCUT2D eigenvalue weighted by Crippen LogP contribution is -2.02. The predicted octanol–water partition coefficient (Wildman–Crippen LogP) is 8.53. The molecule has 0 heterocycles. The fraction of sp³-hybridized carbons (Fsp3) is 0.471. The van der Waals surface area contributed by atoms with Crippen LogP contribution in [-0.4, -0.2) is 38.4 Å². The Morgan fingerprint density at radius 1 is 0.548 bits per heavy atom. The number of rotatable bonds is 23. The molecular formula is C34H44F2O6. The average Bonchev–Trinajstić information content (AvgIpc) is 2.99. The number of hydrogen-bond acceptors (Lipinski definition) is 6. The van der Waals surface area contributed by atoms with E-state index in [1.807, 2.05) is 0 Å². The molecule has 8 heteroatoms. The third kappa shape index (κ3) is 14.3. The van der Waals surface area contributed by atoms with Gasteiger partial charge in [0, 0.05) is 12.2 Å². The number of hydrogen-bond donors (Lipinski definition) is 0. The van der Waals surface area contributed by atoms with Crippen molar-refractivity contribution in [3.8, 4) is 22.6 Å². The lowest BCUT2D eigenvalue weighted by molar-refractivity contribution is -0.138. The van der Waals surface area contributed by atoms with Gasteiger partial charge in [0.2, 0.25) is 0 Å². The SMILES string of the molecule is C=CC(=O)OCCCCCCCCOc1ccc(-c2ccc(OCCCCCCCCOC(=O)C=C)c(F)c2)cc1F. The molecule has 2 aromatic rings. The molecule has 0 saturated heterocycles. The van der Waals surface area contributed by atoms with Gasteiger partial charge in [0.05, 0.1) is 26.4 Å². The zero-order valence-electron chi connectivity index (χ0n) is 24.6. The first kappa shape index (κ1) is 34.5. The lowest BCUT2D eigenvalue weighted by Gasteiger charge is -2.11. The summed E-state index contributed by atoms with van der Waals surface area (Å²) in [5.41, 5.74) is 1.12. The van der Waals surface area contributed by atoms with Gasteiger partial charge in [0.15, 0.2) is 23.1 Å². The first-order valence-electron chi connectivity index (χ1n) is 14.9. The number of benzene rings is 2. The summed E-state index contributed by atoms with van der Waals surface area (Å²) < 4.78 is 50.4. The molecule has 0 unspecified atom stereocenters. The van der Waals surface area contributed by atoms with Crippen molar-refractivity contribution in [3.05, 3.63) is 73.3 Å². The van der Waals surface area contributed by atoms with E-state index in [2.05, 4.69) is 13.2 Å². The van der Waals surface area contributed by atoms with Crippen LogP contribution in [0.3, 0.4) is 0 Å². The molecule has 0 amide bonds. The van der Waals surface area contributed by atoms with Crippen LogP contribution in [0.25, 0.3) is 11.1 Å².